The minimum atomic E-state index is -0.225. The van der Waals surface area contributed by atoms with Crippen LogP contribution in [0.3, 0.4) is 0 Å². The van der Waals surface area contributed by atoms with Crippen LogP contribution >= 0.6 is 0 Å². The number of fused-ring (bicyclic) bond motifs is 1. The maximum Gasteiger partial charge on any atom is 0.164 e. The molecule has 0 saturated carbocycles. The molecule has 1 fully saturated rings. The topological polar surface area (TPSA) is 76.8 Å². The molecule has 0 aliphatic carbocycles. The molecule has 9 heteroatoms. The number of hydrazone groups is 1. The Kier molecular flexibility index (Phi) is 6.30. The molecule has 2 aromatic heterocycles. The molecule has 1 aromatic carbocycles. The van der Waals surface area contributed by atoms with Gasteiger partial charge < -0.3 is 18.9 Å². The lowest BCUT2D eigenvalue weighted by Gasteiger charge is -2.29. The van der Waals surface area contributed by atoms with Crippen molar-refractivity contribution < 1.29 is 13.9 Å². The monoisotopic (exact) mass is 464 g/mol. The van der Waals surface area contributed by atoms with E-state index in [1.54, 1.807) is 19.1 Å². The minimum absolute atomic E-state index is 0.225. The summed E-state index contributed by atoms with van der Waals surface area (Å²) in [7, 11) is 1.98. The number of anilines is 2. The van der Waals surface area contributed by atoms with Gasteiger partial charge in [-0.3, -0.25) is 5.43 Å². The highest BCUT2D eigenvalue weighted by Gasteiger charge is 2.22. The molecular weight excluding hydrogens is 435 g/mol. The normalized spacial score (nSPS) is 17.2. The second kappa shape index (κ2) is 9.52. The minimum Gasteiger partial charge on any atom is -0.378 e. The highest BCUT2D eigenvalue weighted by atomic mass is 19.1. The Labute approximate surface area is 198 Å². The first-order valence-corrected chi connectivity index (χ1v) is 11.6. The third kappa shape index (κ3) is 4.41. The average Bonchev–Trinajstić information content (AvgIpc) is 3.21. The first-order valence-electron chi connectivity index (χ1n) is 11.6. The van der Waals surface area contributed by atoms with Crippen LogP contribution in [0.2, 0.25) is 0 Å². The number of benzene rings is 1. The van der Waals surface area contributed by atoms with Crippen LogP contribution < -0.4 is 10.3 Å². The Balaban J connectivity index is 1.54. The van der Waals surface area contributed by atoms with Crippen LogP contribution in [-0.2, 0) is 16.5 Å². The van der Waals surface area contributed by atoms with Gasteiger partial charge >= 0.3 is 0 Å². The van der Waals surface area contributed by atoms with Crippen LogP contribution in [0, 0.1) is 12.7 Å². The highest BCUT2D eigenvalue weighted by molar-refractivity contribution is 5.99. The van der Waals surface area contributed by atoms with Gasteiger partial charge in [0, 0.05) is 31.8 Å². The fourth-order valence-corrected chi connectivity index (χ4v) is 4.31. The average molecular weight is 465 g/mol. The molecule has 0 amide bonds. The van der Waals surface area contributed by atoms with Crippen LogP contribution in [0.25, 0.3) is 16.7 Å². The number of ether oxygens (including phenoxy) is 2. The van der Waals surface area contributed by atoms with Gasteiger partial charge in [-0.1, -0.05) is 12.1 Å². The smallest absolute Gasteiger partial charge is 0.164 e. The van der Waals surface area contributed by atoms with Crippen LogP contribution in [-0.4, -0.2) is 59.8 Å². The number of aryl methyl sites for hydroxylation is 2. The summed E-state index contributed by atoms with van der Waals surface area (Å²) in [4.78, 5) is 12.1. The molecule has 0 radical (unpaired) electrons. The SMILES string of the molecule is C/C(=N\Nc1cc(N2CCOCC2)c2nc(C3=CCCOC3)n(C)c2n1)c1ccc(F)c(C)c1. The number of hydrogen-bond donors (Lipinski definition) is 1. The number of nitrogens with zero attached hydrogens (tertiary/aromatic N) is 5. The van der Waals surface area contributed by atoms with Crippen LogP contribution in [0.5, 0.6) is 0 Å². The zero-order chi connectivity index (χ0) is 23.7. The van der Waals surface area contributed by atoms with Crippen molar-refractivity contribution in [1.29, 1.82) is 0 Å². The molecule has 5 rings (SSSR count). The molecule has 2 aliphatic heterocycles. The summed E-state index contributed by atoms with van der Waals surface area (Å²) in [5, 5.41) is 4.53. The molecule has 0 unspecified atom stereocenters. The van der Waals surface area contributed by atoms with Gasteiger partial charge in [-0.05, 0) is 43.5 Å². The van der Waals surface area contributed by atoms with Gasteiger partial charge in [0.2, 0.25) is 0 Å². The van der Waals surface area contributed by atoms with E-state index in [1.807, 2.05) is 24.6 Å². The molecule has 0 atom stereocenters. The van der Waals surface area contributed by atoms with E-state index in [9.17, 15) is 4.39 Å². The van der Waals surface area contributed by atoms with Gasteiger partial charge in [-0.15, -0.1) is 0 Å². The lowest BCUT2D eigenvalue weighted by Crippen LogP contribution is -2.36. The number of aromatic nitrogens is 3. The highest BCUT2D eigenvalue weighted by Crippen LogP contribution is 2.31. The number of nitrogens with one attached hydrogen (secondary N) is 1. The lowest BCUT2D eigenvalue weighted by molar-refractivity contribution is 0.123. The van der Waals surface area contributed by atoms with Gasteiger partial charge in [0.25, 0.3) is 0 Å². The molecule has 0 spiro atoms. The maximum atomic E-state index is 13.7. The van der Waals surface area contributed by atoms with E-state index < -0.39 is 0 Å². The van der Waals surface area contributed by atoms with Crippen molar-refractivity contribution in [2.75, 3.05) is 49.8 Å². The largest absolute Gasteiger partial charge is 0.378 e. The predicted octanol–water partition coefficient (Wildman–Crippen LogP) is 3.89. The van der Waals surface area contributed by atoms with Crippen molar-refractivity contribution >= 4 is 34.0 Å². The summed E-state index contributed by atoms with van der Waals surface area (Å²) in [5.41, 5.74) is 9.00. The summed E-state index contributed by atoms with van der Waals surface area (Å²) in [6.07, 6.45) is 3.07. The standard InChI is InChI=1S/C25H29FN6O2/c1-16-13-18(6-7-20(16)26)17(2)29-30-22-14-21(32-8-11-33-12-9-32)23-25(27-22)31(3)24(28-23)19-5-4-10-34-15-19/h5-7,13-14H,4,8-12,15H2,1-3H3,(H,27,30)/b29-17+. The van der Waals surface area contributed by atoms with E-state index >= 15 is 0 Å². The number of pyridine rings is 1. The van der Waals surface area contributed by atoms with Crippen LogP contribution in [0.4, 0.5) is 15.9 Å². The zero-order valence-electron chi connectivity index (χ0n) is 19.8. The number of rotatable bonds is 5. The first kappa shape index (κ1) is 22.5. The lowest BCUT2D eigenvalue weighted by atomic mass is 10.1. The second-order valence-electron chi connectivity index (χ2n) is 8.64. The van der Waals surface area contributed by atoms with E-state index in [-0.39, 0.29) is 5.82 Å². The van der Waals surface area contributed by atoms with E-state index in [1.165, 1.54) is 6.07 Å². The summed E-state index contributed by atoms with van der Waals surface area (Å²) < 4.78 is 26.9. The molecule has 2 aliphatic rings. The molecule has 4 heterocycles. The Morgan fingerprint density at radius 2 is 1.94 bits per heavy atom. The maximum absolute atomic E-state index is 13.7. The summed E-state index contributed by atoms with van der Waals surface area (Å²) in [6.45, 7) is 7.84. The van der Waals surface area contributed by atoms with E-state index in [4.69, 9.17) is 19.4 Å². The Morgan fingerprint density at radius 1 is 1.12 bits per heavy atom. The summed E-state index contributed by atoms with van der Waals surface area (Å²) >= 11 is 0. The van der Waals surface area contributed by atoms with Crippen molar-refractivity contribution in [2.45, 2.75) is 20.3 Å². The Morgan fingerprint density at radius 3 is 2.68 bits per heavy atom. The van der Waals surface area contributed by atoms with Crippen molar-refractivity contribution in [3.05, 3.63) is 53.1 Å². The van der Waals surface area contributed by atoms with Gasteiger partial charge in [-0.25, -0.2) is 14.4 Å². The van der Waals surface area contributed by atoms with E-state index in [0.717, 1.165) is 65.6 Å². The van der Waals surface area contributed by atoms with Gasteiger partial charge in [-0.2, -0.15) is 5.10 Å². The number of hydrogen-bond acceptors (Lipinski definition) is 7. The molecule has 178 valence electrons. The van der Waals surface area contributed by atoms with Crippen molar-refractivity contribution in [3.63, 3.8) is 0 Å². The Bertz CT molecular complexity index is 1280. The quantitative estimate of drug-likeness (QED) is 0.456. The molecule has 3 aromatic rings. The molecule has 8 nitrogen and oxygen atoms in total. The van der Waals surface area contributed by atoms with Crippen molar-refractivity contribution in [1.82, 2.24) is 14.5 Å². The predicted molar refractivity (Wildman–Crippen MR) is 132 cm³/mol. The number of halogens is 1. The number of imidazole rings is 1. The molecular formula is C25H29FN6O2. The van der Waals surface area contributed by atoms with E-state index in [0.29, 0.717) is 31.2 Å². The summed E-state index contributed by atoms with van der Waals surface area (Å²) in [6, 6.07) is 6.97. The van der Waals surface area contributed by atoms with Crippen LogP contribution in [0.1, 0.15) is 30.3 Å². The third-order valence-electron chi connectivity index (χ3n) is 6.27. The van der Waals surface area contributed by atoms with Crippen molar-refractivity contribution in [2.24, 2.45) is 12.1 Å². The second-order valence-corrected chi connectivity index (χ2v) is 8.64. The van der Waals surface area contributed by atoms with Gasteiger partial charge in [0.1, 0.15) is 17.2 Å². The molecule has 0 bridgehead atoms. The fourth-order valence-electron chi connectivity index (χ4n) is 4.31. The first-order chi connectivity index (χ1) is 16.5. The van der Waals surface area contributed by atoms with Crippen molar-refractivity contribution in [3.8, 4) is 0 Å². The fraction of sp³-hybridized carbons (Fsp3) is 0.400. The number of morpholine rings is 1. The molecule has 1 N–H and O–H groups in total. The Hall–Kier alpha value is -3.30. The van der Waals surface area contributed by atoms with Crippen LogP contribution in [0.15, 0.2) is 35.4 Å². The third-order valence-corrected chi connectivity index (χ3v) is 6.27. The van der Waals surface area contributed by atoms with E-state index in [2.05, 4.69) is 21.5 Å². The molecule has 1 saturated heterocycles. The summed E-state index contributed by atoms with van der Waals surface area (Å²) in [5.74, 6) is 1.27. The zero-order valence-corrected chi connectivity index (χ0v) is 19.8. The molecule has 34 heavy (non-hydrogen) atoms. The van der Waals surface area contributed by atoms with Gasteiger partial charge in [0.15, 0.2) is 11.5 Å². The van der Waals surface area contributed by atoms with Gasteiger partial charge in [0.05, 0.1) is 37.8 Å².